The van der Waals surface area contributed by atoms with Crippen molar-refractivity contribution >= 4 is 82.1 Å². The van der Waals surface area contributed by atoms with Crippen LogP contribution in [0.15, 0.2) is 223 Å². The highest BCUT2D eigenvalue weighted by Crippen LogP contribution is 2.44. The van der Waals surface area contributed by atoms with Crippen LogP contribution >= 0.6 is 11.3 Å². The van der Waals surface area contributed by atoms with Gasteiger partial charge in [0.05, 0.1) is 15.9 Å². The van der Waals surface area contributed by atoms with Crippen LogP contribution in [0.25, 0.3) is 97.7 Å². The number of nitrogens with zero attached hydrogens (tertiary/aromatic N) is 2. The third-order valence-electron chi connectivity index (χ3n) is 11.9. The smallest absolute Gasteiger partial charge is 0.137 e. The number of rotatable bonds is 7. The second kappa shape index (κ2) is 14.5. The van der Waals surface area contributed by atoms with Crippen molar-refractivity contribution in [3.63, 3.8) is 0 Å². The Kier molecular flexibility index (Phi) is 8.36. The van der Waals surface area contributed by atoms with Crippen LogP contribution in [-0.4, -0.2) is 4.98 Å². The molecule has 0 saturated heterocycles. The molecule has 3 nitrogen and oxygen atoms in total. The van der Waals surface area contributed by atoms with Gasteiger partial charge in [-0.3, -0.25) is 0 Å². The normalized spacial score (nSPS) is 11.6. The zero-order valence-electron chi connectivity index (χ0n) is 33.0. The van der Waals surface area contributed by atoms with Crippen LogP contribution in [0, 0.1) is 0 Å². The van der Waals surface area contributed by atoms with Gasteiger partial charge in [-0.2, -0.15) is 0 Å². The van der Waals surface area contributed by atoms with Crippen molar-refractivity contribution < 1.29 is 4.42 Å². The number of fused-ring (bicyclic) bond motifs is 7. The molecule has 12 rings (SSSR count). The van der Waals surface area contributed by atoms with Gasteiger partial charge in [-0.1, -0.05) is 158 Å². The lowest BCUT2D eigenvalue weighted by atomic mass is 9.94. The van der Waals surface area contributed by atoms with E-state index in [4.69, 9.17) is 9.40 Å². The molecule has 61 heavy (non-hydrogen) atoms. The summed E-state index contributed by atoms with van der Waals surface area (Å²) in [7, 11) is 0. The maximum atomic E-state index is 6.41. The summed E-state index contributed by atoms with van der Waals surface area (Å²) in [6.07, 6.45) is 0. The van der Waals surface area contributed by atoms with Gasteiger partial charge in [0.25, 0.3) is 0 Å². The van der Waals surface area contributed by atoms with E-state index in [2.05, 4.69) is 217 Å². The summed E-state index contributed by atoms with van der Waals surface area (Å²) in [5.74, 6) is 0. The Morgan fingerprint density at radius 3 is 1.74 bits per heavy atom. The van der Waals surface area contributed by atoms with Gasteiger partial charge in [-0.25, -0.2) is 4.98 Å². The van der Waals surface area contributed by atoms with E-state index in [9.17, 15) is 0 Å². The predicted octanol–water partition coefficient (Wildman–Crippen LogP) is 16.6. The molecule has 0 radical (unpaired) electrons. The summed E-state index contributed by atoms with van der Waals surface area (Å²) < 4.78 is 7.56. The van der Waals surface area contributed by atoms with Crippen molar-refractivity contribution in [2.24, 2.45) is 0 Å². The Hall–Kier alpha value is -7.79. The fraction of sp³-hybridized carbons (Fsp3) is 0. The molecule has 0 unspecified atom stereocenters. The van der Waals surface area contributed by atoms with E-state index in [0.29, 0.717) is 0 Å². The van der Waals surface area contributed by atoms with Crippen molar-refractivity contribution in [2.75, 3.05) is 4.90 Å². The topological polar surface area (TPSA) is 29.3 Å². The van der Waals surface area contributed by atoms with E-state index in [1.165, 1.54) is 43.8 Å². The molecular formula is C57H36N2OS. The minimum atomic E-state index is 0.877. The van der Waals surface area contributed by atoms with Gasteiger partial charge in [0, 0.05) is 33.1 Å². The first-order valence-corrected chi connectivity index (χ1v) is 21.4. The molecule has 2 aromatic heterocycles. The summed E-state index contributed by atoms with van der Waals surface area (Å²) in [6.45, 7) is 0. The van der Waals surface area contributed by atoms with Crippen LogP contribution in [0.2, 0.25) is 0 Å². The molecule has 0 spiro atoms. The summed E-state index contributed by atoms with van der Waals surface area (Å²) in [4.78, 5) is 7.41. The lowest BCUT2D eigenvalue weighted by Crippen LogP contribution is -2.10. The molecule has 0 N–H and O–H groups in total. The zero-order chi connectivity index (χ0) is 40.3. The second-order valence-electron chi connectivity index (χ2n) is 15.5. The Labute approximate surface area is 357 Å². The Morgan fingerprint density at radius 1 is 0.393 bits per heavy atom. The van der Waals surface area contributed by atoms with Crippen molar-refractivity contribution in [3.8, 4) is 44.0 Å². The van der Waals surface area contributed by atoms with E-state index in [1.807, 2.05) is 6.07 Å². The lowest BCUT2D eigenvalue weighted by Gasteiger charge is -2.28. The molecule has 2 heterocycles. The molecule has 0 atom stereocenters. The van der Waals surface area contributed by atoms with E-state index < -0.39 is 0 Å². The fourth-order valence-electron chi connectivity index (χ4n) is 8.88. The predicted molar refractivity (Wildman–Crippen MR) is 258 cm³/mol. The molecule has 0 aliphatic heterocycles. The molecule has 0 fully saturated rings. The molecule has 0 amide bonds. The molecule has 4 heteroatoms. The van der Waals surface area contributed by atoms with Crippen molar-refractivity contribution in [1.82, 2.24) is 4.98 Å². The minimum absolute atomic E-state index is 0.877. The van der Waals surface area contributed by atoms with E-state index in [1.54, 1.807) is 11.3 Å². The van der Waals surface area contributed by atoms with Crippen LogP contribution in [0.4, 0.5) is 17.1 Å². The third kappa shape index (κ3) is 6.16. The van der Waals surface area contributed by atoms with Gasteiger partial charge >= 0.3 is 0 Å². The maximum absolute atomic E-state index is 6.41. The molecular weight excluding hydrogens is 761 g/mol. The molecule has 0 aliphatic carbocycles. The quantitative estimate of drug-likeness (QED) is 0.161. The van der Waals surface area contributed by atoms with Gasteiger partial charge in [0.2, 0.25) is 0 Å². The fourth-order valence-corrected chi connectivity index (χ4v) is 10.0. The van der Waals surface area contributed by atoms with E-state index in [0.717, 1.165) is 70.9 Å². The molecule has 0 bridgehead atoms. The molecule has 0 saturated carbocycles. The first kappa shape index (κ1) is 35.2. The number of anilines is 3. The number of benzene rings is 10. The summed E-state index contributed by atoms with van der Waals surface area (Å²) >= 11 is 1.73. The Morgan fingerprint density at radius 2 is 0.984 bits per heavy atom. The zero-order valence-corrected chi connectivity index (χ0v) is 33.8. The van der Waals surface area contributed by atoms with Crippen LogP contribution in [0.1, 0.15) is 0 Å². The highest BCUT2D eigenvalue weighted by atomic mass is 32.1. The van der Waals surface area contributed by atoms with Crippen LogP contribution in [0.5, 0.6) is 0 Å². The first-order valence-electron chi connectivity index (χ1n) is 20.6. The molecule has 12 aromatic rings. The van der Waals surface area contributed by atoms with Gasteiger partial charge in [0.1, 0.15) is 16.2 Å². The van der Waals surface area contributed by atoms with Gasteiger partial charge < -0.3 is 9.32 Å². The minimum Gasteiger partial charge on any atom is -0.456 e. The summed E-state index contributed by atoms with van der Waals surface area (Å²) in [5.41, 5.74) is 14.2. The molecule has 0 aliphatic rings. The third-order valence-corrected chi connectivity index (χ3v) is 13.0. The average molecular weight is 797 g/mol. The van der Waals surface area contributed by atoms with Crippen molar-refractivity contribution in [1.29, 1.82) is 0 Å². The summed E-state index contributed by atoms with van der Waals surface area (Å²) in [6, 6.07) is 78.3. The van der Waals surface area contributed by atoms with Crippen LogP contribution < -0.4 is 4.90 Å². The highest BCUT2D eigenvalue weighted by molar-refractivity contribution is 7.22. The average Bonchev–Trinajstić information content (AvgIpc) is 3.94. The largest absolute Gasteiger partial charge is 0.456 e. The van der Waals surface area contributed by atoms with Gasteiger partial charge in [0.15, 0.2) is 0 Å². The van der Waals surface area contributed by atoms with Crippen LogP contribution in [0.3, 0.4) is 0 Å². The second-order valence-corrected chi connectivity index (χ2v) is 16.5. The standard InChI is InChI=1S/C57H36N2OS/c1-3-11-37(12-4-1)39-21-26-45(27-22-39)59(52-32-30-47(48-17-9-10-18-49(48)52)44-20-19-38-13-7-8-16-42(38)35-44)46-28-23-40(24-29-46)43-25-33-53-50(36-43)55-54(60-53)34-31-51-56(55)61-57(58-51)41-14-5-2-6-15-41/h1-36H. The lowest BCUT2D eigenvalue weighted by molar-refractivity contribution is 0.669. The Bertz CT molecular complexity index is 3570. The van der Waals surface area contributed by atoms with Gasteiger partial charge in [-0.05, 0) is 110 Å². The van der Waals surface area contributed by atoms with Crippen molar-refractivity contribution in [3.05, 3.63) is 218 Å². The number of furan rings is 1. The number of thiazole rings is 1. The van der Waals surface area contributed by atoms with Crippen LogP contribution in [-0.2, 0) is 0 Å². The van der Waals surface area contributed by atoms with E-state index >= 15 is 0 Å². The molecule has 286 valence electrons. The monoisotopic (exact) mass is 796 g/mol. The maximum Gasteiger partial charge on any atom is 0.137 e. The van der Waals surface area contributed by atoms with Gasteiger partial charge in [-0.15, -0.1) is 11.3 Å². The SMILES string of the molecule is c1ccc(-c2ccc(N(c3ccc(-c4ccc5oc6ccc7nc(-c8ccccc8)sc7c6c5c4)cc3)c3ccc(-c4ccc5ccccc5c4)c4ccccc34)cc2)cc1. The molecule has 10 aromatic carbocycles. The van der Waals surface area contributed by atoms with E-state index in [-0.39, 0.29) is 0 Å². The summed E-state index contributed by atoms with van der Waals surface area (Å²) in [5, 5.41) is 8.12. The Balaban J connectivity index is 0.969. The number of aromatic nitrogens is 1. The highest BCUT2D eigenvalue weighted by Gasteiger charge is 2.19. The number of hydrogen-bond acceptors (Lipinski definition) is 4. The number of hydrogen-bond donors (Lipinski definition) is 0. The van der Waals surface area contributed by atoms with Crippen molar-refractivity contribution in [2.45, 2.75) is 0 Å². The first-order chi connectivity index (χ1) is 30.2.